The van der Waals surface area contributed by atoms with Gasteiger partial charge >= 0.3 is 5.97 Å². The summed E-state index contributed by atoms with van der Waals surface area (Å²) in [5, 5.41) is 3.82. The Hall–Kier alpha value is -1.36. The fourth-order valence-electron chi connectivity index (χ4n) is 2.08. The van der Waals surface area contributed by atoms with E-state index in [1.165, 1.54) is 0 Å². The van der Waals surface area contributed by atoms with Crippen LogP contribution in [0.5, 0.6) is 0 Å². The summed E-state index contributed by atoms with van der Waals surface area (Å²) in [6.45, 7) is 8.62. The highest BCUT2D eigenvalue weighted by atomic mass is 16.5. The number of nitrogens with two attached hydrogens (primary N) is 1. The topological polar surface area (TPSA) is 78.4 Å². The second kappa shape index (κ2) is 7.28. The van der Waals surface area contributed by atoms with Crippen LogP contribution < -0.4 is 5.73 Å². The summed E-state index contributed by atoms with van der Waals surface area (Å²) >= 11 is 0. The molecular weight excluding hydrogens is 244 g/mol. The molecule has 0 unspecified atom stereocenters. The van der Waals surface area contributed by atoms with Gasteiger partial charge in [-0.1, -0.05) is 19.0 Å². The lowest BCUT2D eigenvalue weighted by atomic mass is 9.94. The quantitative estimate of drug-likeness (QED) is 0.768. The van der Waals surface area contributed by atoms with E-state index < -0.39 is 0 Å². The van der Waals surface area contributed by atoms with Crippen LogP contribution in [-0.4, -0.2) is 17.7 Å². The molecule has 19 heavy (non-hydrogen) atoms. The first-order chi connectivity index (χ1) is 8.93. The SMILES string of the molecule is Cc1noc(C)c1COC(=O)C[C@@H](CN)CC(C)C. The molecule has 1 aromatic rings. The largest absolute Gasteiger partial charge is 0.461 e. The Morgan fingerprint density at radius 2 is 2.11 bits per heavy atom. The van der Waals surface area contributed by atoms with Gasteiger partial charge in [0.1, 0.15) is 12.4 Å². The molecule has 0 amide bonds. The Labute approximate surface area is 114 Å². The van der Waals surface area contributed by atoms with Crippen molar-refractivity contribution >= 4 is 5.97 Å². The van der Waals surface area contributed by atoms with Gasteiger partial charge in [-0.15, -0.1) is 0 Å². The molecule has 2 N–H and O–H groups in total. The molecule has 0 aliphatic rings. The van der Waals surface area contributed by atoms with E-state index in [1.807, 2.05) is 13.8 Å². The number of hydrogen-bond acceptors (Lipinski definition) is 5. The van der Waals surface area contributed by atoms with Gasteiger partial charge in [0, 0.05) is 6.42 Å². The highest BCUT2D eigenvalue weighted by Gasteiger charge is 2.17. The van der Waals surface area contributed by atoms with Crippen LogP contribution in [0.4, 0.5) is 0 Å². The van der Waals surface area contributed by atoms with Crippen molar-refractivity contribution in [1.29, 1.82) is 0 Å². The summed E-state index contributed by atoms with van der Waals surface area (Å²) < 4.78 is 10.3. The van der Waals surface area contributed by atoms with E-state index in [0.29, 0.717) is 24.6 Å². The average Bonchev–Trinajstić information content (AvgIpc) is 2.65. The first-order valence-electron chi connectivity index (χ1n) is 6.71. The number of rotatable bonds is 7. The monoisotopic (exact) mass is 268 g/mol. The zero-order chi connectivity index (χ0) is 14.4. The molecule has 108 valence electrons. The van der Waals surface area contributed by atoms with Gasteiger partial charge in [-0.05, 0) is 38.6 Å². The van der Waals surface area contributed by atoms with Crippen molar-refractivity contribution in [2.24, 2.45) is 17.6 Å². The Morgan fingerprint density at radius 1 is 1.42 bits per heavy atom. The number of aromatic nitrogens is 1. The number of aryl methyl sites for hydroxylation is 2. The molecule has 1 aromatic heterocycles. The van der Waals surface area contributed by atoms with Crippen LogP contribution in [0.2, 0.25) is 0 Å². The summed E-state index contributed by atoms with van der Waals surface area (Å²) in [6, 6.07) is 0. The highest BCUT2D eigenvalue weighted by Crippen LogP contribution is 2.17. The van der Waals surface area contributed by atoms with E-state index in [0.717, 1.165) is 17.7 Å². The van der Waals surface area contributed by atoms with Crippen LogP contribution in [0, 0.1) is 25.7 Å². The van der Waals surface area contributed by atoms with Crippen LogP contribution in [0.15, 0.2) is 4.52 Å². The van der Waals surface area contributed by atoms with E-state index in [-0.39, 0.29) is 18.5 Å². The van der Waals surface area contributed by atoms with Crippen LogP contribution >= 0.6 is 0 Å². The maximum absolute atomic E-state index is 11.8. The minimum absolute atomic E-state index is 0.192. The van der Waals surface area contributed by atoms with Gasteiger partial charge in [-0.3, -0.25) is 4.79 Å². The van der Waals surface area contributed by atoms with Crippen LogP contribution in [0.25, 0.3) is 0 Å². The van der Waals surface area contributed by atoms with Crippen molar-refractivity contribution in [3.8, 4) is 0 Å². The Bertz CT molecular complexity index is 393. The second-order valence-corrected chi connectivity index (χ2v) is 5.40. The third-order valence-electron chi connectivity index (χ3n) is 3.15. The fourth-order valence-corrected chi connectivity index (χ4v) is 2.08. The van der Waals surface area contributed by atoms with Gasteiger partial charge < -0.3 is 15.0 Å². The van der Waals surface area contributed by atoms with Crippen molar-refractivity contribution in [2.45, 2.75) is 47.1 Å². The molecule has 0 saturated heterocycles. The number of carbonyl (C=O) groups excluding carboxylic acids is 1. The first-order valence-corrected chi connectivity index (χ1v) is 6.71. The molecule has 1 rings (SSSR count). The Morgan fingerprint density at radius 3 is 2.58 bits per heavy atom. The van der Waals surface area contributed by atoms with Gasteiger partial charge in [-0.25, -0.2) is 0 Å². The third-order valence-corrected chi connectivity index (χ3v) is 3.15. The summed E-state index contributed by atoms with van der Waals surface area (Å²) in [5.41, 5.74) is 7.29. The number of hydrogen-bond donors (Lipinski definition) is 1. The Balaban J connectivity index is 2.43. The molecule has 0 saturated carbocycles. The van der Waals surface area contributed by atoms with Crippen LogP contribution in [0.3, 0.4) is 0 Å². The van der Waals surface area contributed by atoms with Gasteiger partial charge in [0.25, 0.3) is 0 Å². The fraction of sp³-hybridized carbons (Fsp3) is 0.714. The van der Waals surface area contributed by atoms with E-state index in [2.05, 4.69) is 19.0 Å². The number of ether oxygens (including phenoxy) is 1. The van der Waals surface area contributed by atoms with Gasteiger partial charge in [0.15, 0.2) is 0 Å². The number of esters is 1. The van der Waals surface area contributed by atoms with E-state index >= 15 is 0 Å². The van der Waals surface area contributed by atoms with Crippen molar-refractivity contribution < 1.29 is 14.1 Å². The van der Waals surface area contributed by atoms with Gasteiger partial charge in [0.2, 0.25) is 0 Å². The average molecular weight is 268 g/mol. The second-order valence-electron chi connectivity index (χ2n) is 5.40. The summed E-state index contributed by atoms with van der Waals surface area (Å²) in [7, 11) is 0. The van der Waals surface area contributed by atoms with Crippen LogP contribution in [0.1, 0.15) is 43.7 Å². The lowest BCUT2D eigenvalue weighted by molar-refractivity contribution is -0.146. The molecule has 0 aromatic carbocycles. The molecule has 0 aliphatic heterocycles. The molecule has 0 fully saturated rings. The minimum Gasteiger partial charge on any atom is -0.461 e. The molecule has 5 heteroatoms. The maximum atomic E-state index is 11.8. The first kappa shape index (κ1) is 15.7. The van der Waals surface area contributed by atoms with Crippen molar-refractivity contribution in [3.63, 3.8) is 0 Å². The number of nitrogens with zero attached hydrogens (tertiary/aromatic N) is 1. The predicted octanol–water partition coefficient (Wildman–Crippen LogP) is 2.35. The lowest BCUT2D eigenvalue weighted by Crippen LogP contribution is -2.21. The van der Waals surface area contributed by atoms with Crippen molar-refractivity contribution in [2.75, 3.05) is 6.54 Å². The molecule has 5 nitrogen and oxygen atoms in total. The number of carbonyl (C=O) groups is 1. The van der Waals surface area contributed by atoms with Crippen LogP contribution in [-0.2, 0) is 16.1 Å². The Kier molecular flexibility index (Phi) is 6.02. The van der Waals surface area contributed by atoms with E-state index in [4.69, 9.17) is 15.0 Å². The third kappa shape index (κ3) is 5.03. The maximum Gasteiger partial charge on any atom is 0.306 e. The predicted molar refractivity (Wildman–Crippen MR) is 72.4 cm³/mol. The summed E-state index contributed by atoms with van der Waals surface area (Å²) in [6.07, 6.45) is 1.31. The smallest absolute Gasteiger partial charge is 0.306 e. The standard InChI is InChI=1S/C14H24N2O3/c1-9(2)5-12(7-15)6-14(17)18-8-13-10(3)16-19-11(13)4/h9,12H,5-8,15H2,1-4H3/t12-/m0/s1. The lowest BCUT2D eigenvalue weighted by Gasteiger charge is -2.16. The molecule has 0 spiro atoms. The van der Waals surface area contributed by atoms with Crippen molar-refractivity contribution in [3.05, 3.63) is 17.0 Å². The normalized spacial score (nSPS) is 12.7. The summed E-state index contributed by atoms with van der Waals surface area (Å²) in [5.74, 6) is 1.21. The zero-order valence-electron chi connectivity index (χ0n) is 12.2. The molecule has 0 radical (unpaired) electrons. The molecule has 1 heterocycles. The van der Waals surface area contributed by atoms with Crippen molar-refractivity contribution in [1.82, 2.24) is 5.16 Å². The molecule has 1 atom stereocenters. The highest BCUT2D eigenvalue weighted by molar-refractivity contribution is 5.69. The van der Waals surface area contributed by atoms with E-state index in [1.54, 1.807) is 0 Å². The van der Waals surface area contributed by atoms with Gasteiger partial charge in [0.05, 0.1) is 11.3 Å². The molecule has 0 bridgehead atoms. The summed E-state index contributed by atoms with van der Waals surface area (Å²) in [4.78, 5) is 11.8. The van der Waals surface area contributed by atoms with Gasteiger partial charge in [-0.2, -0.15) is 0 Å². The minimum atomic E-state index is -0.212. The molecule has 0 aliphatic carbocycles. The molecular formula is C14H24N2O3. The van der Waals surface area contributed by atoms with E-state index in [9.17, 15) is 4.79 Å². The zero-order valence-corrected chi connectivity index (χ0v) is 12.2.